The van der Waals surface area contributed by atoms with Crippen LogP contribution in [0.2, 0.25) is 0 Å². The minimum absolute atomic E-state index is 0.297. The number of nitrogens with zero attached hydrogens (tertiary/aromatic N) is 3. The van der Waals surface area contributed by atoms with E-state index in [0.717, 1.165) is 21.4 Å². The third-order valence-corrected chi connectivity index (χ3v) is 3.89. The van der Waals surface area contributed by atoms with Gasteiger partial charge < -0.3 is 9.67 Å². The molecule has 1 heterocycles. The molecule has 0 saturated carbocycles. The van der Waals surface area contributed by atoms with Crippen LogP contribution in [0.25, 0.3) is 0 Å². The molecule has 94 valence electrons. The van der Waals surface area contributed by atoms with Gasteiger partial charge in [-0.1, -0.05) is 0 Å². The van der Waals surface area contributed by atoms with E-state index in [1.165, 1.54) is 11.8 Å². The van der Waals surface area contributed by atoms with E-state index in [4.69, 9.17) is 5.11 Å². The minimum atomic E-state index is -0.913. The highest BCUT2D eigenvalue weighted by molar-refractivity contribution is 7.99. The Morgan fingerprint density at radius 3 is 2.56 bits per heavy atom. The van der Waals surface area contributed by atoms with Gasteiger partial charge in [-0.05, 0) is 49.4 Å². The van der Waals surface area contributed by atoms with Crippen LogP contribution in [0, 0.1) is 13.8 Å². The number of benzene rings is 1. The zero-order valence-electron chi connectivity index (χ0n) is 10.3. The summed E-state index contributed by atoms with van der Waals surface area (Å²) in [7, 11) is 1.90. The zero-order valence-corrected chi connectivity index (χ0v) is 11.2. The summed E-state index contributed by atoms with van der Waals surface area (Å²) in [5, 5.41) is 17.7. The summed E-state index contributed by atoms with van der Waals surface area (Å²) in [6.07, 6.45) is 0. The lowest BCUT2D eigenvalue weighted by Gasteiger charge is -2.06. The predicted octanol–water partition coefficient (Wildman–Crippen LogP) is 2.28. The number of rotatable bonds is 3. The lowest BCUT2D eigenvalue weighted by molar-refractivity contribution is 0.0696. The van der Waals surface area contributed by atoms with Crippen LogP contribution in [0.3, 0.4) is 0 Å². The lowest BCUT2D eigenvalue weighted by atomic mass is 10.1. The maximum atomic E-state index is 10.8. The number of aryl methyl sites for hydroxylation is 2. The number of aromatic carboxylic acids is 1. The van der Waals surface area contributed by atoms with Crippen molar-refractivity contribution in [3.05, 3.63) is 35.2 Å². The number of carbonyl (C=O) groups is 1. The summed E-state index contributed by atoms with van der Waals surface area (Å²) in [5.74, 6) is -0.0681. The van der Waals surface area contributed by atoms with Crippen molar-refractivity contribution in [2.75, 3.05) is 0 Å². The third kappa shape index (κ3) is 2.38. The Hall–Kier alpha value is -1.82. The molecule has 2 rings (SSSR count). The quantitative estimate of drug-likeness (QED) is 0.920. The number of carboxylic acids is 1. The van der Waals surface area contributed by atoms with Crippen LogP contribution < -0.4 is 0 Å². The Bertz CT molecular complexity index is 607. The van der Waals surface area contributed by atoms with Crippen molar-refractivity contribution in [3.8, 4) is 0 Å². The fourth-order valence-corrected chi connectivity index (χ4v) is 2.38. The van der Waals surface area contributed by atoms with Crippen LogP contribution in [0.5, 0.6) is 0 Å². The largest absolute Gasteiger partial charge is 0.478 e. The summed E-state index contributed by atoms with van der Waals surface area (Å²) in [5.41, 5.74) is 1.21. The molecule has 1 aromatic heterocycles. The molecule has 0 fully saturated rings. The molecule has 0 saturated heterocycles. The summed E-state index contributed by atoms with van der Waals surface area (Å²) < 4.78 is 1.90. The molecular formula is C12H13N3O2S. The molecule has 2 aromatic rings. The molecule has 18 heavy (non-hydrogen) atoms. The molecule has 6 heteroatoms. The Labute approximate surface area is 109 Å². The first-order chi connectivity index (χ1) is 8.49. The van der Waals surface area contributed by atoms with Crippen LogP contribution in [-0.4, -0.2) is 25.8 Å². The molecule has 0 atom stereocenters. The monoisotopic (exact) mass is 263 g/mol. The van der Waals surface area contributed by atoms with E-state index in [9.17, 15) is 4.79 Å². The fourth-order valence-electron chi connectivity index (χ4n) is 1.47. The summed E-state index contributed by atoms with van der Waals surface area (Å²) >= 11 is 1.48. The first kappa shape index (κ1) is 12.6. The first-order valence-corrected chi connectivity index (χ1v) is 6.18. The molecule has 0 amide bonds. The molecule has 0 aliphatic carbocycles. The fraction of sp³-hybridized carbons (Fsp3) is 0.250. The van der Waals surface area contributed by atoms with E-state index in [1.807, 2.05) is 25.5 Å². The Kier molecular flexibility index (Phi) is 3.38. The number of hydrogen-bond acceptors (Lipinski definition) is 4. The zero-order chi connectivity index (χ0) is 13.3. The van der Waals surface area contributed by atoms with Gasteiger partial charge in [-0.15, -0.1) is 10.2 Å². The van der Waals surface area contributed by atoms with Gasteiger partial charge in [0, 0.05) is 11.9 Å². The minimum Gasteiger partial charge on any atom is -0.478 e. The van der Waals surface area contributed by atoms with E-state index in [1.54, 1.807) is 18.2 Å². The van der Waals surface area contributed by atoms with Gasteiger partial charge in [-0.2, -0.15) is 0 Å². The van der Waals surface area contributed by atoms with Gasteiger partial charge in [-0.25, -0.2) is 4.79 Å². The van der Waals surface area contributed by atoms with Gasteiger partial charge in [0.2, 0.25) is 0 Å². The summed E-state index contributed by atoms with van der Waals surface area (Å²) in [6.45, 7) is 3.77. The highest BCUT2D eigenvalue weighted by Gasteiger charge is 2.10. The number of carboxylic acid groups (broad SMARTS) is 1. The van der Waals surface area contributed by atoms with Gasteiger partial charge in [0.1, 0.15) is 5.82 Å². The van der Waals surface area contributed by atoms with Crippen molar-refractivity contribution in [1.82, 2.24) is 14.8 Å². The van der Waals surface area contributed by atoms with Crippen molar-refractivity contribution in [1.29, 1.82) is 0 Å². The molecule has 0 unspecified atom stereocenters. The number of hydrogen-bond donors (Lipinski definition) is 1. The second kappa shape index (κ2) is 4.81. The van der Waals surface area contributed by atoms with E-state index in [2.05, 4.69) is 10.2 Å². The second-order valence-electron chi connectivity index (χ2n) is 3.98. The summed E-state index contributed by atoms with van der Waals surface area (Å²) in [6, 6.07) is 5.06. The van der Waals surface area contributed by atoms with Crippen molar-refractivity contribution in [3.63, 3.8) is 0 Å². The van der Waals surface area contributed by atoms with Gasteiger partial charge in [0.05, 0.1) is 5.56 Å². The SMILES string of the molecule is Cc1cc(C(=O)O)ccc1Sc1nnc(C)n1C. The molecule has 0 aliphatic heterocycles. The molecule has 0 spiro atoms. The Morgan fingerprint density at radius 1 is 1.33 bits per heavy atom. The van der Waals surface area contributed by atoms with Crippen LogP contribution in [0.4, 0.5) is 0 Å². The Balaban J connectivity index is 2.30. The second-order valence-corrected chi connectivity index (χ2v) is 4.99. The van der Waals surface area contributed by atoms with Crippen molar-refractivity contribution >= 4 is 17.7 Å². The maximum Gasteiger partial charge on any atom is 0.335 e. The van der Waals surface area contributed by atoms with Crippen molar-refractivity contribution in [2.24, 2.45) is 7.05 Å². The van der Waals surface area contributed by atoms with Crippen LogP contribution in [0.15, 0.2) is 28.3 Å². The molecule has 0 aliphatic rings. The topological polar surface area (TPSA) is 68.0 Å². The normalized spacial score (nSPS) is 10.6. The van der Waals surface area contributed by atoms with E-state index in [-0.39, 0.29) is 0 Å². The average molecular weight is 263 g/mol. The molecule has 0 radical (unpaired) electrons. The molecule has 5 nitrogen and oxygen atoms in total. The van der Waals surface area contributed by atoms with Crippen molar-refractivity contribution < 1.29 is 9.90 Å². The molecule has 0 bridgehead atoms. The van der Waals surface area contributed by atoms with Crippen LogP contribution in [0.1, 0.15) is 21.7 Å². The summed E-state index contributed by atoms with van der Waals surface area (Å²) in [4.78, 5) is 11.8. The first-order valence-electron chi connectivity index (χ1n) is 5.37. The van der Waals surface area contributed by atoms with Gasteiger partial charge in [0.15, 0.2) is 5.16 Å². The lowest BCUT2D eigenvalue weighted by Crippen LogP contribution is -1.97. The predicted molar refractivity (Wildman–Crippen MR) is 68.0 cm³/mol. The van der Waals surface area contributed by atoms with E-state index < -0.39 is 5.97 Å². The average Bonchev–Trinajstić information content (AvgIpc) is 2.63. The standard InChI is InChI=1S/C12H13N3O2S/c1-7-6-9(11(16)17)4-5-10(7)18-12-14-13-8(2)15(12)3/h4-6H,1-3H3,(H,16,17). The third-order valence-electron chi connectivity index (χ3n) is 2.68. The molecular weight excluding hydrogens is 250 g/mol. The molecule has 1 N–H and O–H groups in total. The molecule has 1 aromatic carbocycles. The highest BCUT2D eigenvalue weighted by Crippen LogP contribution is 2.29. The van der Waals surface area contributed by atoms with Gasteiger partial charge in [-0.3, -0.25) is 0 Å². The smallest absolute Gasteiger partial charge is 0.335 e. The number of aromatic nitrogens is 3. The van der Waals surface area contributed by atoms with Crippen LogP contribution in [-0.2, 0) is 7.05 Å². The van der Waals surface area contributed by atoms with Gasteiger partial charge >= 0.3 is 5.97 Å². The van der Waals surface area contributed by atoms with E-state index in [0.29, 0.717) is 5.56 Å². The highest BCUT2D eigenvalue weighted by atomic mass is 32.2. The Morgan fingerprint density at radius 2 is 2.06 bits per heavy atom. The van der Waals surface area contributed by atoms with Crippen molar-refractivity contribution in [2.45, 2.75) is 23.9 Å². The maximum absolute atomic E-state index is 10.8. The van der Waals surface area contributed by atoms with Gasteiger partial charge in [0.25, 0.3) is 0 Å². The van der Waals surface area contributed by atoms with Crippen LogP contribution >= 0.6 is 11.8 Å². The van der Waals surface area contributed by atoms with E-state index >= 15 is 0 Å².